The molecule has 2 nitrogen and oxygen atoms in total. The van der Waals surface area contributed by atoms with Crippen molar-refractivity contribution in [1.82, 2.24) is 4.98 Å². The fraction of sp³-hybridized carbons (Fsp3) is 0.906. The molecule has 200 valence electrons. The molecule has 0 spiro atoms. The van der Waals surface area contributed by atoms with Gasteiger partial charge in [-0.05, 0) is 32.6 Å². The van der Waals surface area contributed by atoms with Gasteiger partial charge in [0, 0.05) is 0 Å². The summed E-state index contributed by atoms with van der Waals surface area (Å²) in [5, 5.41) is 0. The molecule has 2 unspecified atom stereocenters. The average Bonchev–Trinajstić information content (AvgIpc) is 3.33. The lowest BCUT2D eigenvalue weighted by Gasteiger charge is -2.17. The van der Waals surface area contributed by atoms with Crippen LogP contribution in [0.2, 0.25) is 0 Å². The minimum atomic E-state index is 0.623. The van der Waals surface area contributed by atoms with E-state index in [1.54, 1.807) is 0 Å². The van der Waals surface area contributed by atoms with E-state index in [4.69, 9.17) is 0 Å². The second kappa shape index (κ2) is 22.7. The first-order valence-corrected chi connectivity index (χ1v) is 15.8. The van der Waals surface area contributed by atoms with Gasteiger partial charge >= 0.3 is 0 Å². The molecule has 0 saturated heterocycles. The first-order chi connectivity index (χ1) is 16.7. The van der Waals surface area contributed by atoms with E-state index < -0.39 is 0 Å². The van der Waals surface area contributed by atoms with E-state index in [0.29, 0.717) is 12.0 Å². The van der Waals surface area contributed by atoms with Gasteiger partial charge in [-0.3, -0.25) is 0 Å². The topological polar surface area (TPSA) is 19.7 Å². The summed E-state index contributed by atoms with van der Waals surface area (Å²) in [6.45, 7) is 9.36. The molecule has 0 aliphatic heterocycles. The monoisotopic (exact) mass is 475 g/mol. The van der Waals surface area contributed by atoms with E-state index in [1.807, 2.05) is 0 Å². The summed E-state index contributed by atoms with van der Waals surface area (Å²) >= 11 is 0. The molecule has 0 amide bonds. The van der Waals surface area contributed by atoms with E-state index in [9.17, 15) is 0 Å². The quantitative estimate of drug-likeness (QED) is 0.107. The minimum Gasteiger partial charge on any atom is -0.247 e. The van der Waals surface area contributed by atoms with Crippen molar-refractivity contribution in [3.05, 3.63) is 18.2 Å². The Bertz CT molecular complexity index is 535. The van der Waals surface area contributed by atoms with Gasteiger partial charge in [0.15, 0.2) is 0 Å². The summed E-state index contributed by atoms with van der Waals surface area (Å²) in [6.07, 6.45) is 36.9. The molecule has 2 heteroatoms. The van der Waals surface area contributed by atoms with E-state index in [0.717, 1.165) is 0 Å². The van der Waals surface area contributed by atoms with Crippen molar-refractivity contribution in [1.29, 1.82) is 0 Å². The summed E-state index contributed by atoms with van der Waals surface area (Å²) in [7, 11) is 0. The number of imidazole rings is 1. The Morgan fingerprint density at radius 1 is 0.559 bits per heavy atom. The van der Waals surface area contributed by atoms with Crippen LogP contribution in [0.4, 0.5) is 0 Å². The summed E-state index contributed by atoms with van der Waals surface area (Å²) in [5.74, 6) is 2.22. The van der Waals surface area contributed by atoms with Crippen molar-refractivity contribution >= 4 is 0 Å². The fourth-order valence-corrected chi connectivity index (χ4v) is 5.53. The van der Waals surface area contributed by atoms with Gasteiger partial charge in [0.1, 0.15) is 12.4 Å². The molecule has 1 aromatic rings. The Hall–Kier alpha value is -0.790. The minimum absolute atomic E-state index is 0.623. The zero-order valence-electron chi connectivity index (χ0n) is 24.0. The second-order valence-corrected chi connectivity index (χ2v) is 11.2. The van der Waals surface area contributed by atoms with Crippen LogP contribution in [0.5, 0.6) is 0 Å². The Balaban J connectivity index is 2.17. The maximum atomic E-state index is 3.65. The van der Waals surface area contributed by atoms with Gasteiger partial charge in [-0.1, -0.05) is 143 Å². The normalized spacial score (nSPS) is 13.4. The largest absolute Gasteiger partial charge is 0.257 e. The Labute approximate surface area is 215 Å². The first-order valence-electron chi connectivity index (χ1n) is 15.8. The molecule has 1 heterocycles. The Morgan fingerprint density at radius 3 is 1.50 bits per heavy atom. The van der Waals surface area contributed by atoms with Crippen LogP contribution in [-0.4, -0.2) is 4.98 Å². The molecule has 2 atom stereocenters. The number of rotatable bonds is 25. The molecule has 0 fully saturated rings. The van der Waals surface area contributed by atoms with Crippen LogP contribution in [0.3, 0.4) is 0 Å². The van der Waals surface area contributed by atoms with Gasteiger partial charge < -0.3 is 0 Å². The van der Waals surface area contributed by atoms with E-state index in [2.05, 4.69) is 49.6 Å². The van der Waals surface area contributed by atoms with Crippen molar-refractivity contribution in [2.24, 2.45) is 0 Å². The van der Waals surface area contributed by atoms with Crippen LogP contribution in [0.1, 0.15) is 193 Å². The lowest BCUT2D eigenvalue weighted by atomic mass is 9.93. The standard InChI is InChI=1S/C32H62N2/c1-5-8-11-12-13-14-15-16-17-18-19-20-21-22-24-27-31(26-10-7-3)32-33-28-29-34(32)30(4)25-23-9-6-2/h28-31H,5-27H2,1-4H3/p+1. The highest BCUT2D eigenvalue weighted by atomic mass is 15.1. The van der Waals surface area contributed by atoms with E-state index in [-0.39, 0.29) is 0 Å². The molecule has 0 aromatic carbocycles. The van der Waals surface area contributed by atoms with Crippen molar-refractivity contribution in [2.75, 3.05) is 0 Å². The summed E-state index contributed by atoms with van der Waals surface area (Å²) in [5.41, 5.74) is 0. The van der Waals surface area contributed by atoms with Gasteiger partial charge in [0.05, 0.1) is 12.0 Å². The van der Waals surface area contributed by atoms with Crippen LogP contribution >= 0.6 is 0 Å². The highest BCUT2D eigenvalue weighted by Crippen LogP contribution is 2.26. The Kier molecular flexibility index (Phi) is 20.8. The number of hydrogen-bond donors (Lipinski definition) is 1. The second-order valence-electron chi connectivity index (χ2n) is 11.2. The molecule has 34 heavy (non-hydrogen) atoms. The summed E-state index contributed by atoms with van der Waals surface area (Å²) in [6, 6.07) is 0.623. The molecule has 0 radical (unpaired) electrons. The maximum Gasteiger partial charge on any atom is 0.257 e. The molecule has 0 saturated carbocycles. The highest BCUT2D eigenvalue weighted by Gasteiger charge is 2.25. The number of aromatic amines is 1. The molecule has 0 aliphatic carbocycles. The predicted octanol–water partition coefficient (Wildman–Crippen LogP) is 11.0. The third-order valence-electron chi connectivity index (χ3n) is 7.89. The molecule has 0 aliphatic rings. The molecule has 1 rings (SSSR count). The number of aromatic nitrogens is 2. The predicted molar refractivity (Wildman–Crippen MR) is 152 cm³/mol. The van der Waals surface area contributed by atoms with Gasteiger partial charge in [-0.2, -0.15) is 0 Å². The fourth-order valence-electron chi connectivity index (χ4n) is 5.53. The third-order valence-corrected chi connectivity index (χ3v) is 7.89. The zero-order valence-corrected chi connectivity index (χ0v) is 24.0. The average molecular weight is 476 g/mol. The number of nitrogens with one attached hydrogen (secondary N) is 1. The number of H-pyrrole nitrogens is 1. The lowest BCUT2D eigenvalue weighted by molar-refractivity contribution is -0.727. The smallest absolute Gasteiger partial charge is 0.247 e. The van der Waals surface area contributed by atoms with E-state index in [1.165, 1.54) is 154 Å². The maximum absolute atomic E-state index is 3.65. The third kappa shape index (κ3) is 15.3. The number of unbranched alkanes of at least 4 members (excludes halogenated alkanes) is 17. The SMILES string of the molecule is CCCCCCCCCCCCCCCCCC(CCCC)c1[nH]cc[n+]1C(C)CCCCC. The molecule has 1 aromatic heterocycles. The van der Waals surface area contributed by atoms with Crippen LogP contribution in [-0.2, 0) is 0 Å². The van der Waals surface area contributed by atoms with Gasteiger partial charge in [-0.25, -0.2) is 9.55 Å². The van der Waals surface area contributed by atoms with Crippen LogP contribution < -0.4 is 4.57 Å². The Morgan fingerprint density at radius 2 is 0.971 bits per heavy atom. The number of nitrogens with zero attached hydrogens (tertiary/aromatic N) is 1. The molecular weight excluding hydrogens is 412 g/mol. The summed E-state index contributed by atoms with van der Waals surface area (Å²) < 4.78 is 2.57. The van der Waals surface area contributed by atoms with Crippen LogP contribution in [0.25, 0.3) is 0 Å². The van der Waals surface area contributed by atoms with Gasteiger partial charge in [0.2, 0.25) is 0 Å². The highest BCUT2D eigenvalue weighted by molar-refractivity contribution is 4.90. The lowest BCUT2D eigenvalue weighted by Crippen LogP contribution is -2.41. The van der Waals surface area contributed by atoms with Crippen molar-refractivity contribution in [3.63, 3.8) is 0 Å². The van der Waals surface area contributed by atoms with Crippen LogP contribution in [0, 0.1) is 0 Å². The van der Waals surface area contributed by atoms with Crippen molar-refractivity contribution < 1.29 is 4.57 Å². The molecule has 0 bridgehead atoms. The first kappa shape index (κ1) is 31.2. The van der Waals surface area contributed by atoms with Gasteiger partial charge in [0.25, 0.3) is 5.82 Å². The summed E-state index contributed by atoms with van der Waals surface area (Å²) in [4.78, 5) is 3.65. The number of hydrogen-bond acceptors (Lipinski definition) is 0. The van der Waals surface area contributed by atoms with Crippen LogP contribution in [0.15, 0.2) is 12.4 Å². The van der Waals surface area contributed by atoms with Crippen molar-refractivity contribution in [3.8, 4) is 0 Å². The molecule has 1 N–H and O–H groups in total. The van der Waals surface area contributed by atoms with Crippen molar-refractivity contribution in [2.45, 2.75) is 187 Å². The van der Waals surface area contributed by atoms with E-state index >= 15 is 0 Å². The molecular formula is C32H63N2+. The zero-order chi connectivity index (χ0) is 24.7. The van der Waals surface area contributed by atoms with Gasteiger partial charge in [-0.15, -0.1) is 0 Å².